The standard InChI is InChI=1S/C9H12F3NO3S.C8H11F3N2O3S.C3H6FNO2S.2CH4.ClH/c1-8(4-5(8)6(10)11)7(14)13-17(15,16)9(12)2-3-9;9-5(10)4-3-8(4,12)6(14)13-17(15,16)7(11)1-2-7;4-3(1-2-3)8(5,6)7;;;/h5-6H,2-4H2,1H3,(H,13,14);4-5H,1-3,12H2,(H,13,14);1-2H2,(H2,5,6,7);2*1H4;1H/t5-,8-;4-,8+;;;;/m00..../s1. The molecule has 0 bridgehead atoms. The van der Waals surface area contributed by atoms with E-state index in [9.17, 15) is 65.6 Å². The molecule has 5 aliphatic carbocycles. The molecule has 12 nitrogen and oxygen atoms in total. The van der Waals surface area contributed by atoms with E-state index in [2.05, 4.69) is 5.14 Å². The predicted molar refractivity (Wildman–Crippen MR) is 150 cm³/mol. The third-order valence-electron chi connectivity index (χ3n) is 7.77. The maximum atomic E-state index is 13.4. The summed E-state index contributed by atoms with van der Waals surface area (Å²) in [6.07, 6.45) is -6.46. The van der Waals surface area contributed by atoms with Crippen LogP contribution in [-0.4, -0.2) is 70.5 Å². The van der Waals surface area contributed by atoms with Crippen molar-refractivity contribution in [2.75, 3.05) is 0 Å². The normalized spacial score (nSPS) is 30.6. The lowest BCUT2D eigenvalue weighted by Gasteiger charge is -2.14. The number of rotatable bonds is 9. The van der Waals surface area contributed by atoms with Gasteiger partial charge in [-0.3, -0.25) is 9.59 Å². The quantitative estimate of drug-likeness (QED) is 0.255. The third-order valence-corrected chi connectivity index (χ3v) is 12.8. The van der Waals surface area contributed by atoms with Crippen molar-refractivity contribution in [2.45, 2.75) is 107 Å². The number of amides is 2. The topological polar surface area (TPSA) is 213 Å². The lowest BCUT2D eigenvalue weighted by atomic mass is 10.1. The highest BCUT2D eigenvalue weighted by Crippen LogP contribution is 2.56. The smallest absolute Gasteiger partial charge is 0.270 e. The fraction of sp³-hybridized carbons (Fsp3) is 0.909. The van der Waals surface area contributed by atoms with E-state index in [-0.39, 0.29) is 78.6 Å². The van der Waals surface area contributed by atoms with Crippen LogP contribution >= 0.6 is 12.4 Å². The van der Waals surface area contributed by atoms with Crippen molar-refractivity contribution >= 4 is 54.3 Å². The first-order chi connectivity index (χ1) is 18.7. The molecule has 268 valence electrons. The van der Waals surface area contributed by atoms with Gasteiger partial charge in [0.25, 0.3) is 26.0 Å². The predicted octanol–water partition coefficient (Wildman–Crippen LogP) is 2.49. The van der Waals surface area contributed by atoms with Gasteiger partial charge in [0, 0.05) is 50.4 Å². The van der Waals surface area contributed by atoms with E-state index in [4.69, 9.17) is 5.73 Å². The van der Waals surface area contributed by atoms with Crippen LogP contribution in [0.2, 0.25) is 0 Å². The van der Waals surface area contributed by atoms with Crippen LogP contribution < -0.4 is 20.3 Å². The molecule has 23 heteroatoms. The Kier molecular flexibility index (Phi) is 12.8. The van der Waals surface area contributed by atoms with Crippen molar-refractivity contribution in [1.82, 2.24) is 9.44 Å². The molecule has 4 atom stereocenters. The van der Waals surface area contributed by atoms with E-state index < -0.39 is 92.5 Å². The average molecular weight is 751 g/mol. The van der Waals surface area contributed by atoms with Gasteiger partial charge in [0.15, 0.2) is 0 Å². The number of hydrogen-bond donors (Lipinski definition) is 4. The van der Waals surface area contributed by atoms with E-state index in [1.807, 2.05) is 0 Å². The Hall–Kier alpha value is -1.49. The van der Waals surface area contributed by atoms with Crippen LogP contribution in [0.5, 0.6) is 0 Å². The van der Waals surface area contributed by atoms with Crippen molar-refractivity contribution in [1.29, 1.82) is 0 Å². The third kappa shape index (κ3) is 8.90. The molecule has 0 spiro atoms. The molecule has 5 aliphatic rings. The van der Waals surface area contributed by atoms with Gasteiger partial charge in [-0.15, -0.1) is 12.4 Å². The Labute approximate surface area is 263 Å². The summed E-state index contributed by atoms with van der Waals surface area (Å²) in [4.78, 5) is 23.0. The molecular weight excluding hydrogens is 713 g/mol. The largest absolute Gasteiger partial charge is 0.317 e. The van der Waals surface area contributed by atoms with Crippen LogP contribution in [0.15, 0.2) is 0 Å². The minimum absolute atomic E-state index is 0. The van der Waals surface area contributed by atoms with Crippen molar-refractivity contribution in [3.8, 4) is 0 Å². The Balaban J connectivity index is 0.000000661. The van der Waals surface area contributed by atoms with Crippen LogP contribution in [0.4, 0.5) is 30.7 Å². The lowest BCUT2D eigenvalue weighted by Crippen LogP contribution is -2.49. The van der Waals surface area contributed by atoms with E-state index in [1.165, 1.54) is 11.6 Å². The molecule has 0 aromatic carbocycles. The number of nitrogens with two attached hydrogens (primary N) is 2. The maximum absolute atomic E-state index is 13.4. The average Bonchev–Trinajstić information content (AvgIpc) is 3.62. The first-order valence-corrected chi connectivity index (χ1v) is 16.8. The van der Waals surface area contributed by atoms with Gasteiger partial charge in [-0.25, -0.2) is 70.6 Å². The summed E-state index contributed by atoms with van der Waals surface area (Å²) in [6.45, 7) is 1.26. The molecule has 0 aromatic rings. The second kappa shape index (κ2) is 13.2. The first kappa shape index (κ1) is 43.5. The van der Waals surface area contributed by atoms with E-state index >= 15 is 0 Å². The number of carbonyl (C=O) groups excluding carboxylic acids is 2. The van der Waals surface area contributed by atoms with Gasteiger partial charge >= 0.3 is 0 Å². The minimum atomic E-state index is -4.47. The molecule has 0 saturated heterocycles. The summed E-state index contributed by atoms with van der Waals surface area (Å²) in [5.41, 5.74) is 2.03. The maximum Gasteiger partial charge on any atom is 0.270 e. The second-order valence-electron chi connectivity index (χ2n) is 11.3. The minimum Gasteiger partial charge on any atom is -0.317 e. The highest BCUT2D eigenvalue weighted by atomic mass is 35.5. The van der Waals surface area contributed by atoms with Crippen molar-refractivity contribution in [2.24, 2.45) is 28.1 Å². The summed E-state index contributed by atoms with van der Waals surface area (Å²) in [5, 5.41) is -2.44. The van der Waals surface area contributed by atoms with Gasteiger partial charge < -0.3 is 5.73 Å². The summed E-state index contributed by atoms with van der Waals surface area (Å²) in [5.74, 6) is -4.81. The molecule has 2 amide bonds. The van der Waals surface area contributed by atoms with Crippen LogP contribution in [0.1, 0.15) is 73.1 Å². The molecule has 6 N–H and O–H groups in total. The number of sulfonamides is 3. The number of primary sulfonamides is 1. The Bertz CT molecular complexity index is 1370. The van der Waals surface area contributed by atoms with Gasteiger partial charge in [0.1, 0.15) is 5.54 Å². The van der Waals surface area contributed by atoms with Gasteiger partial charge in [-0.1, -0.05) is 21.8 Å². The number of halogens is 8. The molecule has 5 rings (SSSR count). The Morgan fingerprint density at radius 2 is 1.02 bits per heavy atom. The summed E-state index contributed by atoms with van der Waals surface area (Å²) in [7, 11) is -12.8. The number of nitrogens with one attached hydrogen (secondary N) is 2. The molecule has 5 saturated carbocycles. The number of carbonyl (C=O) groups is 2. The van der Waals surface area contributed by atoms with Gasteiger partial charge in [0.05, 0.1) is 5.41 Å². The fourth-order valence-corrected chi connectivity index (χ4v) is 6.89. The van der Waals surface area contributed by atoms with E-state index in [0.717, 1.165) is 0 Å². The van der Waals surface area contributed by atoms with Crippen LogP contribution in [0.3, 0.4) is 0 Å². The SMILES string of the molecule is C.C.C[C@]1(C(=O)NS(=O)(=O)C2(F)CC2)C[C@H]1C(F)F.Cl.NS(=O)(=O)C1(F)CC1.N[C@]1(C(=O)NS(=O)(=O)C2(F)CC2)C[C@H]1C(F)F. The summed E-state index contributed by atoms with van der Waals surface area (Å²) in [6, 6.07) is 0. The molecule has 0 aliphatic heterocycles. The zero-order valence-electron chi connectivity index (χ0n) is 22.2. The molecule has 0 unspecified atom stereocenters. The number of hydrogen-bond acceptors (Lipinski definition) is 9. The van der Waals surface area contributed by atoms with Crippen LogP contribution in [0.25, 0.3) is 0 Å². The Morgan fingerprint density at radius 1 is 0.689 bits per heavy atom. The molecular formula is C22H38ClF7N4O8S3. The van der Waals surface area contributed by atoms with Gasteiger partial charge in [0.2, 0.25) is 43.8 Å². The fourth-order valence-electron chi connectivity index (χ4n) is 3.66. The van der Waals surface area contributed by atoms with Crippen molar-refractivity contribution < 1.29 is 65.6 Å². The van der Waals surface area contributed by atoms with Crippen LogP contribution in [0, 0.1) is 17.3 Å². The zero-order chi connectivity index (χ0) is 32.5. The summed E-state index contributed by atoms with van der Waals surface area (Å²) < 4.78 is 157. The lowest BCUT2D eigenvalue weighted by molar-refractivity contribution is -0.125. The molecule has 0 radical (unpaired) electrons. The highest BCUT2D eigenvalue weighted by Gasteiger charge is 2.65. The van der Waals surface area contributed by atoms with Gasteiger partial charge in [-0.2, -0.15) is 0 Å². The van der Waals surface area contributed by atoms with Crippen molar-refractivity contribution in [3.63, 3.8) is 0 Å². The van der Waals surface area contributed by atoms with Gasteiger partial charge in [-0.05, 0) is 12.8 Å². The van der Waals surface area contributed by atoms with Crippen molar-refractivity contribution in [3.05, 3.63) is 0 Å². The monoisotopic (exact) mass is 750 g/mol. The molecule has 45 heavy (non-hydrogen) atoms. The molecule has 5 fully saturated rings. The molecule has 0 heterocycles. The van der Waals surface area contributed by atoms with E-state index in [0.29, 0.717) is 0 Å². The van der Waals surface area contributed by atoms with Crippen LogP contribution in [-0.2, 0) is 39.7 Å². The number of alkyl halides is 7. The Morgan fingerprint density at radius 3 is 1.24 bits per heavy atom. The molecule has 0 aromatic heterocycles. The second-order valence-corrected chi connectivity index (χ2v) is 17.0. The summed E-state index contributed by atoms with van der Waals surface area (Å²) >= 11 is 0. The highest BCUT2D eigenvalue weighted by molar-refractivity contribution is 7.92. The van der Waals surface area contributed by atoms with E-state index in [1.54, 1.807) is 4.72 Å². The first-order valence-electron chi connectivity index (χ1n) is 12.3. The zero-order valence-corrected chi connectivity index (χ0v) is 25.4.